The van der Waals surface area contributed by atoms with Gasteiger partial charge < -0.3 is 5.11 Å². The van der Waals surface area contributed by atoms with Crippen molar-refractivity contribution >= 4 is 10.8 Å². The molecule has 1 saturated carbocycles. The van der Waals surface area contributed by atoms with Crippen LogP contribution in [-0.4, -0.2) is 20.7 Å². The number of hydrogen-bond acceptors (Lipinski definition) is 2. The van der Waals surface area contributed by atoms with Crippen LogP contribution in [-0.2, 0) is 10.8 Å². The van der Waals surface area contributed by atoms with Gasteiger partial charge >= 0.3 is 0 Å². The van der Waals surface area contributed by atoms with E-state index in [9.17, 15) is 9.32 Å². The zero-order chi connectivity index (χ0) is 14.0. The second-order valence-corrected chi connectivity index (χ2v) is 8.26. The minimum atomic E-state index is -1.11. The topological polar surface area (TPSA) is 37.3 Å². The molecule has 19 heavy (non-hydrogen) atoms. The fraction of sp³-hybridized carbons (Fsp3) is 0.625. The molecule has 3 heteroatoms. The molecule has 1 aromatic carbocycles. The second kappa shape index (κ2) is 5.76. The van der Waals surface area contributed by atoms with Crippen molar-refractivity contribution < 1.29 is 9.32 Å². The van der Waals surface area contributed by atoms with E-state index in [4.69, 9.17) is 0 Å². The Morgan fingerprint density at radius 3 is 2.37 bits per heavy atom. The Morgan fingerprint density at radius 1 is 1.16 bits per heavy atom. The number of benzene rings is 1. The highest BCUT2D eigenvalue weighted by Crippen LogP contribution is 2.40. The van der Waals surface area contributed by atoms with Gasteiger partial charge in [0, 0.05) is 4.90 Å². The largest absolute Gasteiger partial charge is 0.392 e. The van der Waals surface area contributed by atoms with Gasteiger partial charge in [-0.15, -0.1) is 0 Å². The standard InChI is InChI=1S/C16H24O2S/c1-16(2,3)12-9-10-14(17)15(11-12)19(18)13-7-5-4-6-8-13/h4-8,12,14-15,17H,9-11H2,1-3H3/t12-,14-,15+,19?/m0/s1. The normalized spacial score (nSPS) is 30.0. The van der Waals surface area contributed by atoms with Gasteiger partial charge in [-0.2, -0.15) is 0 Å². The zero-order valence-electron chi connectivity index (χ0n) is 12.0. The first-order valence-electron chi connectivity index (χ1n) is 7.03. The van der Waals surface area contributed by atoms with Gasteiger partial charge in [0.25, 0.3) is 0 Å². The van der Waals surface area contributed by atoms with Crippen LogP contribution < -0.4 is 0 Å². The van der Waals surface area contributed by atoms with E-state index in [1.54, 1.807) is 0 Å². The smallest absolute Gasteiger partial charge is 0.0687 e. The Balaban J connectivity index is 2.16. The van der Waals surface area contributed by atoms with Crippen LogP contribution >= 0.6 is 0 Å². The van der Waals surface area contributed by atoms with E-state index in [0.29, 0.717) is 5.92 Å². The van der Waals surface area contributed by atoms with Crippen LogP contribution in [0.4, 0.5) is 0 Å². The second-order valence-electron chi connectivity index (χ2n) is 6.59. The lowest BCUT2D eigenvalue weighted by atomic mass is 9.71. The molecule has 1 unspecified atom stereocenters. The average Bonchev–Trinajstić information content (AvgIpc) is 2.38. The van der Waals surface area contributed by atoms with Gasteiger partial charge in [-0.25, -0.2) is 0 Å². The summed E-state index contributed by atoms with van der Waals surface area (Å²) in [4.78, 5) is 0.834. The van der Waals surface area contributed by atoms with Crippen molar-refractivity contribution in [2.45, 2.75) is 56.3 Å². The molecule has 0 heterocycles. The van der Waals surface area contributed by atoms with Crippen molar-refractivity contribution in [3.8, 4) is 0 Å². The van der Waals surface area contributed by atoms with Gasteiger partial charge in [0.2, 0.25) is 0 Å². The highest BCUT2D eigenvalue weighted by atomic mass is 32.2. The van der Waals surface area contributed by atoms with Gasteiger partial charge in [-0.3, -0.25) is 4.21 Å². The lowest BCUT2D eigenvalue weighted by molar-refractivity contribution is 0.0772. The molecule has 0 saturated heterocycles. The SMILES string of the molecule is CC(C)(C)[C@H]1CC[C@H](O)[C@H](S(=O)c2ccccc2)C1. The maximum absolute atomic E-state index is 12.6. The monoisotopic (exact) mass is 280 g/mol. The predicted octanol–water partition coefficient (Wildman–Crippen LogP) is 3.37. The van der Waals surface area contributed by atoms with E-state index in [1.165, 1.54) is 0 Å². The molecule has 0 aliphatic heterocycles. The predicted molar refractivity (Wildman–Crippen MR) is 79.4 cm³/mol. The lowest BCUT2D eigenvalue weighted by Gasteiger charge is -2.39. The molecular formula is C16H24O2S. The van der Waals surface area contributed by atoms with Gasteiger partial charge in [0.1, 0.15) is 0 Å². The van der Waals surface area contributed by atoms with E-state index in [-0.39, 0.29) is 10.7 Å². The summed E-state index contributed by atoms with van der Waals surface area (Å²) in [5.41, 5.74) is 0.222. The first kappa shape index (κ1) is 14.7. The van der Waals surface area contributed by atoms with Gasteiger partial charge in [-0.1, -0.05) is 39.0 Å². The molecule has 2 nitrogen and oxygen atoms in total. The van der Waals surface area contributed by atoms with Gasteiger partial charge in [-0.05, 0) is 42.7 Å². The van der Waals surface area contributed by atoms with Crippen molar-refractivity contribution in [1.82, 2.24) is 0 Å². The highest BCUT2D eigenvalue weighted by molar-refractivity contribution is 7.85. The molecule has 0 radical (unpaired) electrons. The molecule has 2 rings (SSSR count). The van der Waals surface area contributed by atoms with Crippen LogP contribution in [0.1, 0.15) is 40.0 Å². The van der Waals surface area contributed by atoms with E-state index in [0.717, 1.165) is 24.2 Å². The molecule has 1 aliphatic rings. The summed E-state index contributed by atoms with van der Waals surface area (Å²) < 4.78 is 12.6. The molecule has 1 aliphatic carbocycles. The Bertz CT molecular complexity index is 436. The van der Waals surface area contributed by atoms with Crippen LogP contribution in [0, 0.1) is 11.3 Å². The van der Waals surface area contributed by atoms with Crippen molar-refractivity contribution in [2.24, 2.45) is 11.3 Å². The summed E-state index contributed by atoms with van der Waals surface area (Å²) in [7, 11) is -1.11. The van der Waals surface area contributed by atoms with Crippen LogP contribution in [0.25, 0.3) is 0 Å². The van der Waals surface area contributed by atoms with Crippen LogP contribution in [0.15, 0.2) is 35.2 Å². The van der Waals surface area contributed by atoms with E-state index < -0.39 is 16.9 Å². The van der Waals surface area contributed by atoms with Gasteiger partial charge in [0.05, 0.1) is 22.2 Å². The molecule has 1 aromatic rings. The molecule has 1 fully saturated rings. The van der Waals surface area contributed by atoms with E-state index in [1.807, 2.05) is 30.3 Å². The summed E-state index contributed by atoms with van der Waals surface area (Å²) in [5, 5.41) is 10.1. The summed E-state index contributed by atoms with van der Waals surface area (Å²) in [6.07, 6.45) is 2.23. The molecule has 106 valence electrons. The maximum Gasteiger partial charge on any atom is 0.0687 e. The fourth-order valence-corrected chi connectivity index (χ4v) is 4.46. The third-order valence-electron chi connectivity index (χ3n) is 4.23. The number of hydrogen-bond donors (Lipinski definition) is 1. The van der Waals surface area contributed by atoms with Crippen molar-refractivity contribution in [3.63, 3.8) is 0 Å². The van der Waals surface area contributed by atoms with Crippen LogP contribution in [0.2, 0.25) is 0 Å². The molecule has 0 amide bonds. The van der Waals surface area contributed by atoms with E-state index in [2.05, 4.69) is 20.8 Å². The maximum atomic E-state index is 12.6. The Kier molecular flexibility index (Phi) is 4.46. The minimum Gasteiger partial charge on any atom is -0.392 e. The first-order chi connectivity index (χ1) is 8.89. The van der Waals surface area contributed by atoms with Crippen LogP contribution in [0.3, 0.4) is 0 Å². The van der Waals surface area contributed by atoms with Crippen molar-refractivity contribution in [1.29, 1.82) is 0 Å². The first-order valence-corrected chi connectivity index (χ1v) is 8.24. The molecule has 0 aromatic heterocycles. The Morgan fingerprint density at radius 2 is 1.79 bits per heavy atom. The van der Waals surface area contributed by atoms with Crippen molar-refractivity contribution in [3.05, 3.63) is 30.3 Å². The number of aliphatic hydroxyl groups is 1. The summed E-state index contributed by atoms with van der Waals surface area (Å²) in [6, 6.07) is 9.52. The highest BCUT2D eigenvalue weighted by Gasteiger charge is 2.38. The fourth-order valence-electron chi connectivity index (χ4n) is 2.86. The summed E-state index contributed by atoms with van der Waals surface area (Å²) in [6.45, 7) is 6.70. The third-order valence-corrected chi connectivity index (χ3v) is 6.03. The van der Waals surface area contributed by atoms with Gasteiger partial charge in [0.15, 0.2) is 0 Å². The molecule has 0 bridgehead atoms. The lowest BCUT2D eigenvalue weighted by Crippen LogP contribution is -2.40. The summed E-state index contributed by atoms with van der Waals surface area (Å²) >= 11 is 0. The Labute approximate surface area is 118 Å². The molecular weight excluding hydrogens is 256 g/mol. The summed E-state index contributed by atoms with van der Waals surface area (Å²) in [5.74, 6) is 0.536. The molecule has 1 N–H and O–H groups in total. The zero-order valence-corrected chi connectivity index (χ0v) is 12.8. The quantitative estimate of drug-likeness (QED) is 0.902. The van der Waals surface area contributed by atoms with E-state index >= 15 is 0 Å². The minimum absolute atomic E-state index is 0.125. The van der Waals surface area contributed by atoms with Crippen LogP contribution in [0.5, 0.6) is 0 Å². The number of aliphatic hydroxyl groups excluding tert-OH is 1. The third kappa shape index (κ3) is 3.46. The van der Waals surface area contributed by atoms with Crippen molar-refractivity contribution in [2.75, 3.05) is 0 Å². The Hall–Kier alpha value is -0.670. The average molecular weight is 280 g/mol. The number of rotatable bonds is 2. The molecule has 0 spiro atoms. The molecule has 4 atom stereocenters.